The fraction of sp³-hybridized carbons (Fsp3) is 0.200. The Morgan fingerprint density at radius 1 is 1.25 bits per heavy atom. The van der Waals surface area contributed by atoms with Gasteiger partial charge in [0.05, 0.1) is 6.42 Å². The molecule has 3 nitrogen and oxygen atoms in total. The zero-order chi connectivity index (χ0) is 14.4. The predicted molar refractivity (Wildman–Crippen MR) is 76.1 cm³/mol. The minimum absolute atomic E-state index is 0.0618. The molecule has 5 heteroatoms. The molecule has 20 heavy (non-hydrogen) atoms. The maximum atomic E-state index is 13.5. The topological polar surface area (TPSA) is 42.0 Å². The van der Waals surface area contributed by atoms with Crippen LogP contribution in [0.3, 0.4) is 0 Å². The first-order valence-corrected chi connectivity index (χ1v) is 6.64. The van der Waals surface area contributed by atoms with E-state index in [4.69, 9.17) is 11.6 Å². The SMILES string of the molecule is O=C(Cc1c(F)cccc1Cl)NCCc1ccccn1. The van der Waals surface area contributed by atoms with Gasteiger partial charge in [0.25, 0.3) is 0 Å². The van der Waals surface area contributed by atoms with Gasteiger partial charge >= 0.3 is 0 Å². The molecule has 1 aromatic carbocycles. The van der Waals surface area contributed by atoms with Gasteiger partial charge in [-0.25, -0.2) is 4.39 Å². The fourth-order valence-corrected chi connectivity index (χ4v) is 2.03. The highest BCUT2D eigenvalue weighted by atomic mass is 35.5. The van der Waals surface area contributed by atoms with Gasteiger partial charge in [-0.3, -0.25) is 9.78 Å². The Kier molecular flexibility index (Phi) is 5.07. The van der Waals surface area contributed by atoms with Crippen molar-refractivity contribution in [2.24, 2.45) is 0 Å². The monoisotopic (exact) mass is 292 g/mol. The van der Waals surface area contributed by atoms with Crippen molar-refractivity contribution in [1.29, 1.82) is 0 Å². The molecule has 0 atom stereocenters. The largest absolute Gasteiger partial charge is 0.355 e. The van der Waals surface area contributed by atoms with Gasteiger partial charge in [0.2, 0.25) is 5.91 Å². The third kappa shape index (κ3) is 4.03. The van der Waals surface area contributed by atoms with Crippen LogP contribution < -0.4 is 5.32 Å². The third-order valence-electron chi connectivity index (χ3n) is 2.83. The van der Waals surface area contributed by atoms with Gasteiger partial charge < -0.3 is 5.32 Å². The molecule has 0 aliphatic heterocycles. The summed E-state index contributed by atoms with van der Waals surface area (Å²) in [5.74, 6) is -0.717. The lowest BCUT2D eigenvalue weighted by Crippen LogP contribution is -2.27. The molecule has 1 amide bonds. The number of nitrogens with zero attached hydrogens (tertiary/aromatic N) is 1. The predicted octanol–water partition coefficient (Wildman–Crippen LogP) is 2.78. The molecule has 0 aliphatic rings. The average Bonchev–Trinajstić information content (AvgIpc) is 2.44. The van der Waals surface area contributed by atoms with E-state index in [0.717, 1.165) is 5.69 Å². The number of carbonyl (C=O) groups excluding carboxylic acids is 1. The maximum Gasteiger partial charge on any atom is 0.224 e. The Morgan fingerprint density at radius 2 is 2.10 bits per heavy atom. The van der Waals surface area contributed by atoms with Crippen molar-refractivity contribution in [3.8, 4) is 0 Å². The van der Waals surface area contributed by atoms with Gasteiger partial charge in [0.1, 0.15) is 5.82 Å². The Balaban J connectivity index is 1.84. The van der Waals surface area contributed by atoms with Crippen LogP contribution in [0.25, 0.3) is 0 Å². The van der Waals surface area contributed by atoms with Crippen LogP contribution in [0.4, 0.5) is 4.39 Å². The standard InChI is InChI=1S/C15H14ClFN2O/c16-13-5-3-6-14(17)12(13)10-15(20)19-9-7-11-4-1-2-8-18-11/h1-6,8H,7,9-10H2,(H,19,20). The van der Waals surface area contributed by atoms with E-state index in [9.17, 15) is 9.18 Å². The van der Waals surface area contributed by atoms with Crippen molar-refractivity contribution in [3.05, 3.63) is 64.7 Å². The van der Waals surface area contributed by atoms with Crippen molar-refractivity contribution in [2.45, 2.75) is 12.8 Å². The summed E-state index contributed by atoms with van der Waals surface area (Å²) in [6.45, 7) is 0.460. The summed E-state index contributed by atoms with van der Waals surface area (Å²) < 4.78 is 13.5. The zero-order valence-corrected chi connectivity index (χ0v) is 11.5. The van der Waals surface area contributed by atoms with Crippen LogP contribution in [0.5, 0.6) is 0 Å². The van der Waals surface area contributed by atoms with Crippen LogP contribution in [-0.4, -0.2) is 17.4 Å². The molecule has 2 aromatic rings. The molecular weight excluding hydrogens is 279 g/mol. The molecule has 0 unspecified atom stereocenters. The van der Waals surface area contributed by atoms with Gasteiger partial charge in [-0.15, -0.1) is 0 Å². The normalized spacial score (nSPS) is 10.3. The second-order valence-corrected chi connectivity index (χ2v) is 4.71. The number of benzene rings is 1. The number of carbonyl (C=O) groups is 1. The van der Waals surface area contributed by atoms with E-state index in [1.165, 1.54) is 12.1 Å². The molecule has 1 N–H and O–H groups in total. The van der Waals surface area contributed by atoms with Crippen LogP contribution in [0, 0.1) is 5.82 Å². The number of aromatic nitrogens is 1. The van der Waals surface area contributed by atoms with Gasteiger partial charge in [-0.05, 0) is 24.3 Å². The van der Waals surface area contributed by atoms with Crippen LogP contribution in [0.1, 0.15) is 11.3 Å². The molecule has 0 saturated carbocycles. The Morgan fingerprint density at radius 3 is 2.80 bits per heavy atom. The van der Waals surface area contributed by atoms with Crippen LogP contribution >= 0.6 is 11.6 Å². The molecule has 1 aromatic heterocycles. The molecular formula is C15H14ClFN2O. The molecule has 1 heterocycles. The molecule has 0 fully saturated rings. The summed E-state index contributed by atoms with van der Waals surface area (Å²) in [5.41, 5.74) is 1.13. The van der Waals surface area contributed by atoms with Gasteiger partial charge in [-0.2, -0.15) is 0 Å². The van der Waals surface area contributed by atoms with E-state index in [0.29, 0.717) is 13.0 Å². The molecule has 2 rings (SSSR count). The number of amides is 1. The van der Waals surface area contributed by atoms with E-state index >= 15 is 0 Å². The maximum absolute atomic E-state index is 13.5. The summed E-state index contributed by atoms with van der Waals surface area (Å²) >= 11 is 5.87. The number of rotatable bonds is 5. The summed E-state index contributed by atoms with van der Waals surface area (Å²) in [5, 5.41) is 3.00. The Hall–Kier alpha value is -1.94. The van der Waals surface area contributed by atoms with E-state index in [1.807, 2.05) is 18.2 Å². The summed E-state index contributed by atoms with van der Waals surface area (Å²) in [6.07, 6.45) is 2.28. The quantitative estimate of drug-likeness (QED) is 0.921. The molecule has 104 valence electrons. The van der Waals surface area contributed by atoms with Gasteiger partial charge in [-0.1, -0.05) is 23.7 Å². The highest BCUT2D eigenvalue weighted by Gasteiger charge is 2.11. The van der Waals surface area contributed by atoms with Crippen molar-refractivity contribution >= 4 is 17.5 Å². The van der Waals surface area contributed by atoms with Crippen molar-refractivity contribution in [3.63, 3.8) is 0 Å². The highest BCUT2D eigenvalue weighted by molar-refractivity contribution is 6.31. The molecule has 0 spiro atoms. The fourth-order valence-electron chi connectivity index (χ4n) is 1.80. The molecule has 0 radical (unpaired) electrons. The Labute approximate surface area is 121 Å². The van der Waals surface area contributed by atoms with Gasteiger partial charge in [0.15, 0.2) is 0 Å². The lowest BCUT2D eigenvalue weighted by molar-refractivity contribution is -0.120. The average molecular weight is 293 g/mol. The van der Waals surface area contributed by atoms with Crippen molar-refractivity contribution in [2.75, 3.05) is 6.54 Å². The molecule has 0 bridgehead atoms. The third-order valence-corrected chi connectivity index (χ3v) is 3.18. The Bertz CT molecular complexity index is 569. The summed E-state index contributed by atoms with van der Waals surface area (Å²) in [4.78, 5) is 15.9. The minimum atomic E-state index is -0.461. The van der Waals surface area contributed by atoms with E-state index < -0.39 is 5.82 Å². The number of hydrogen-bond acceptors (Lipinski definition) is 2. The van der Waals surface area contributed by atoms with Crippen molar-refractivity contribution in [1.82, 2.24) is 10.3 Å². The van der Waals surface area contributed by atoms with Crippen LogP contribution in [-0.2, 0) is 17.6 Å². The number of nitrogens with one attached hydrogen (secondary N) is 1. The van der Waals surface area contributed by atoms with Crippen molar-refractivity contribution < 1.29 is 9.18 Å². The zero-order valence-electron chi connectivity index (χ0n) is 10.8. The minimum Gasteiger partial charge on any atom is -0.355 e. The second-order valence-electron chi connectivity index (χ2n) is 4.30. The molecule has 0 saturated heterocycles. The second kappa shape index (κ2) is 7.01. The molecule has 0 aliphatic carbocycles. The van der Waals surface area contributed by atoms with E-state index in [1.54, 1.807) is 12.3 Å². The highest BCUT2D eigenvalue weighted by Crippen LogP contribution is 2.19. The first-order valence-electron chi connectivity index (χ1n) is 6.26. The van der Waals surface area contributed by atoms with E-state index in [2.05, 4.69) is 10.3 Å². The first-order chi connectivity index (χ1) is 9.66. The van der Waals surface area contributed by atoms with E-state index in [-0.39, 0.29) is 22.9 Å². The number of pyridine rings is 1. The smallest absolute Gasteiger partial charge is 0.224 e. The lowest BCUT2D eigenvalue weighted by atomic mass is 10.1. The first kappa shape index (κ1) is 14.5. The summed E-state index contributed by atoms with van der Waals surface area (Å²) in [6, 6.07) is 10.00. The number of hydrogen-bond donors (Lipinski definition) is 1. The van der Waals surface area contributed by atoms with Crippen LogP contribution in [0.15, 0.2) is 42.6 Å². The lowest BCUT2D eigenvalue weighted by Gasteiger charge is -2.07. The van der Waals surface area contributed by atoms with Crippen LogP contribution in [0.2, 0.25) is 5.02 Å². The van der Waals surface area contributed by atoms with Gasteiger partial charge in [0, 0.05) is 35.4 Å². The summed E-state index contributed by atoms with van der Waals surface area (Å²) in [7, 11) is 0. The number of halogens is 2.